The molecule has 0 aromatic heterocycles. The smallest absolute Gasteiger partial charge is 0.304 e. The summed E-state index contributed by atoms with van der Waals surface area (Å²) in [5.41, 5.74) is 6.68. The van der Waals surface area contributed by atoms with Crippen LogP contribution >= 0.6 is 11.6 Å². The highest BCUT2D eigenvalue weighted by atomic mass is 35.5. The van der Waals surface area contributed by atoms with Gasteiger partial charge < -0.3 is 15.3 Å². The third-order valence-corrected chi connectivity index (χ3v) is 6.72. The maximum atomic E-state index is 10.6. The Bertz CT molecular complexity index is 968. The van der Waals surface area contributed by atoms with Crippen molar-refractivity contribution in [3.8, 4) is 0 Å². The number of rotatable bonds is 11. The quantitative estimate of drug-likeness (QED) is 0.225. The number of carboxylic acid groups (broad SMARTS) is 1. The van der Waals surface area contributed by atoms with Crippen LogP contribution in [0.25, 0.3) is 0 Å². The van der Waals surface area contributed by atoms with Crippen molar-refractivity contribution in [3.05, 3.63) is 69.2 Å². The van der Waals surface area contributed by atoms with Crippen molar-refractivity contribution in [3.63, 3.8) is 0 Å². The first-order valence-corrected chi connectivity index (χ1v) is 12.3. The molecule has 1 saturated carbocycles. The molecule has 2 N–H and O–H groups in total. The third kappa shape index (κ3) is 7.58. The lowest BCUT2D eigenvalue weighted by Gasteiger charge is -2.24. The van der Waals surface area contributed by atoms with E-state index >= 15 is 0 Å². The summed E-state index contributed by atoms with van der Waals surface area (Å²) >= 11 is 6.40. The SMILES string of the molecule is CCc1cc(CO/N=C(/C)c2ccc(CNCCC(=O)O)c(Cl)c2)ccc1C1CCCCC1. The maximum Gasteiger partial charge on any atom is 0.304 e. The average molecular weight is 471 g/mol. The Labute approximate surface area is 202 Å². The summed E-state index contributed by atoms with van der Waals surface area (Å²) in [5.74, 6) is -0.106. The van der Waals surface area contributed by atoms with Crippen LogP contribution < -0.4 is 5.32 Å². The number of carboxylic acids is 1. The second-order valence-electron chi connectivity index (χ2n) is 8.80. The van der Waals surface area contributed by atoms with Gasteiger partial charge in [0, 0.05) is 23.7 Å². The van der Waals surface area contributed by atoms with Crippen LogP contribution in [0.15, 0.2) is 41.6 Å². The Kier molecular flexibility index (Phi) is 9.76. The van der Waals surface area contributed by atoms with Gasteiger partial charge in [-0.15, -0.1) is 0 Å². The van der Waals surface area contributed by atoms with Crippen molar-refractivity contribution in [1.82, 2.24) is 5.32 Å². The zero-order valence-corrected chi connectivity index (χ0v) is 20.5. The van der Waals surface area contributed by atoms with Crippen molar-refractivity contribution in [2.45, 2.75) is 77.9 Å². The molecule has 0 bridgehead atoms. The molecule has 0 unspecified atom stereocenters. The molecule has 0 saturated heterocycles. The monoisotopic (exact) mass is 470 g/mol. The number of halogens is 1. The standard InChI is InChI=1S/C27H35ClN2O3/c1-3-21-15-20(9-12-25(21)22-7-5-4-6-8-22)18-33-30-19(2)23-10-11-24(26(28)16-23)17-29-14-13-27(31)32/h9-12,15-16,22,29H,3-8,13-14,17-18H2,1-2H3,(H,31,32)/b30-19-. The molecule has 3 rings (SSSR count). The zero-order valence-electron chi connectivity index (χ0n) is 19.7. The van der Waals surface area contributed by atoms with E-state index in [4.69, 9.17) is 21.5 Å². The number of aryl methyl sites for hydroxylation is 1. The Morgan fingerprint density at radius 3 is 2.64 bits per heavy atom. The van der Waals surface area contributed by atoms with Crippen molar-refractivity contribution in [2.24, 2.45) is 5.16 Å². The van der Waals surface area contributed by atoms with E-state index in [1.165, 1.54) is 43.2 Å². The van der Waals surface area contributed by atoms with E-state index in [0.29, 0.717) is 30.6 Å². The molecule has 33 heavy (non-hydrogen) atoms. The molecule has 1 fully saturated rings. The van der Waals surface area contributed by atoms with Crippen molar-refractivity contribution in [1.29, 1.82) is 0 Å². The highest BCUT2D eigenvalue weighted by Gasteiger charge is 2.18. The molecule has 5 nitrogen and oxygen atoms in total. The van der Waals surface area contributed by atoms with Crippen LogP contribution in [0.1, 0.15) is 86.1 Å². The maximum absolute atomic E-state index is 10.6. The predicted molar refractivity (Wildman–Crippen MR) is 134 cm³/mol. The van der Waals surface area contributed by atoms with Gasteiger partial charge in [-0.1, -0.05) is 73.3 Å². The van der Waals surface area contributed by atoms with E-state index in [1.807, 2.05) is 25.1 Å². The molecule has 6 heteroatoms. The molecule has 1 aliphatic carbocycles. The number of benzene rings is 2. The van der Waals surface area contributed by atoms with E-state index < -0.39 is 5.97 Å². The number of aliphatic carboxylic acids is 1. The zero-order chi connectivity index (χ0) is 23.6. The van der Waals surface area contributed by atoms with Crippen LogP contribution in [-0.4, -0.2) is 23.3 Å². The summed E-state index contributed by atoms with van der Waals surface area (Å²) in [5, 5.41) is 16.7. The number of hydrogen-bond acceptors (Lipinski definition) is 4. The predicted octanol–water partition coefficient (Wildman–Crippen LogP) is 6.46. The van der Waals surface area contributed by atoms with E-state index in [9.17, 15) is 4.79 Å². The van der Waals surface area contributed by atoms with Gasteiger partial charge in [0.25, 0.3) is 0 Å². The summed E-state index contributed by atoms with van der Waals surface area (Å²) < 4.78 is 0. The Hall–Kier alpha value is -2.37. The summed E-state index contributed by atoms with van der Waals surface area (Å²) in [6, 6.07) is 12.5. The Morgan fingerprint density at radius 1 is 1.15 bits per heavy atom. The molecule has 178 valence electrons. The number of oxime groups is 1. The highest BCUT2D eigenvalue weighted by Crippen LogP contribution is 2.35. The Balaban J connectivity index is 1.56. The van der Waals surface area contributed by atoms with Gasteiger partial charge in [0.2, 0.25) is 0 Å². The minimum absolute atomic E-state index is 0.0852. The Morgan fingerprint density at radius 2 is 1.94 bits per heavy atom. The molecular formula is C27H35ClN2O3. The van der Waals surface area contributed by atoms with Gasteiger partial charge in [-0.2, -0.15) is 0 Å². The second-order valence-corrected chi connectivity index (χ2v) is 9.21. The lowest BCUT2D eigenvalue weighted by atomic mass is 9.81. The highest BCUT2D eigenvalue weighted by molar-refractivity contribution is 6.31. The van der Waals surface area contributed by atoms with Crippen molar-refractivity contribution in [2.75, 3.05) is 6.54 Å². The van der Waals surface area contributed by atoms with Crippen LogP contribution in [-0.2, 0) is 29.2 Å². The molecule has 0 radical (unpaired) electrons. The fourth-order valence-electron chi connectivity index (χ4n) is 4.46. The number of carbonyl (C=O) groups is 1. The molecule has 0 atom stereocenters. The fourth-order valence-corrected chi connectivity index (χ4v) is 4.70. The van der Waals surface area contributed by atoms with Crippen molar-refractivity contribution < 1.29 is 14.7 Å². The summed E-state index contributed by atoms with van der Waals surface area (Å²) in [7, 11) is 0. The topological polar surface area (TPSA) is 70.9 Å². The second kappa shape index (κ2) is 12.8. The summed E-state index contributed by atoms with van der Waals surface area (Å²) in [6.07, 6.45) is 7.81. The van der Waals surface area contributed by atoms with Crippen LogP contribution in [0.5, 0.6) is 0 Å². The minimum atomic E-state index is -0.818. The third-order valence-electron chi connectivity index (χ3n) is 6.37. The first-order chi connectivity index (χ1) is 16.0. The van der Waals surface area contributed by atoms with Gasteiger partial charge in [-0.3, -0.25) is 4.79 Å². The number of nitrogens with one attached hydrogen (secondary N) is 1. The van der Waals surface area contributed by atoms with Crippen LogP contribution in [0.2, 0.25) is 5.02 Å². The first kappa shape index (κ1) is 25.3. The largest absolute Gasteiger partial charge is 0.481 e. The molecule has 0 aliphatic heterocycles. The van der Waals surface area contributed by atoms with Gasteiger partial charge in [-0.05, 0) is 60.4 Å². The van der Waals surface area contributed by atoms with E-state index in [1.54, 1.807) is 0 Å². The van der Waals surface area contributed by atoms with E-state index in [2.05, 4.69) is 35.6 Å². The van der Waals surface area contributed by atoms with E-state index in [-0.39, 0.29) is 6.42 Å². The van der Waals surface area contributed by atoms with Gasteiger partial charge in [-0.25, -0.2) is 0 Å². The van der Waals surface area contributed by atoms with Crippen molar-refractivity contribution >= 4 is 23.3 Å². The van der Waals surface area contributed by atoms with Crippen LogP contribution in [0, 0.1) is 0 Å². The lowest BCUT2D eigenvalue weighted by Crippen LogP contribution is -2.17. The van der Waals surface area contributed by atoms with Gasteiger partial charge >= 0.3 is 5.97 Å². The molecule has 0 heterocycles. The van der Waals surface area contributed by atoms with Crippen LogP contribution in [0.4, 0.5) is 0 Å². The summed E-state index contributed by atoms with van der Waals surface area (Å²) in [4.78, 5) is 16.3. The van der Waals surface area contributed by atoms with Gasteiger partial charge in [0.1, 0.15) is 6.61 Å². The molecule has 2 aromatic carbocycles. The molecular weight excluding hydrogens is 436 g/mol. The summed E-state index contributed by atoms with van der Waals surface area (Å²) in [6.45, 7) is 5.50. The molecule has 0 amide bonds. The molecule has 1 aliphatic rings. The molecule has 0 spiro atoms. The molecule has 2 aromatic rings. The minimum Gasteiger partial charge on any atom is -0.481 e. The van der Waals surface area contributed by atoms with Crippen LogP contribution in [0.3, 0.4) is 0 Å². The first-order valence-electron chi connectivity index (χ1n) is 12.0. The lowest BCUT2D eigenvalue weighted by molar-refractivity contribution is -0.136. The average Bonchev–Trinajstić information content (AvgIpc) is 2.82. The number of nitrogens with zero attached hydrogens (tertiary/aromatic N) is 1. The number of hydrogen-bond donors (Lipinski definition) is 2. The van der Waals surface area contributed by atoms with E-state index in [0.717, 1.165) is 28.8 Å². The van der Waals surface area contributed by atoms with Gasteiger partial charge in [0.05, 0.1) is 12.1 Å². The normalized spacial score (nSPS) is 14.9. The fraction of sp³-hybridized carbons (Fsp3) is 0.481. The van der Waals surface area contributed by atoms with Gasteiger partial charge in [0.15, 0.2) is 0 Å².